The number of ketones is 1. The number of carbonyl (C=O) groups is 1. The highest BCUT2D eigenvalue weighted by Crippen LogP contribution is 2.27. The van der Waals surface area contributed by atoms with Gasteiger partial charge in [0.05, 0.1) is 20.3 Å². The Morgan fingerprint density at radius 1 is 1.27 bits per heavy atom. The van der Waals surface area contributed by atoms with Crippen LogP contribution in [-0.4, -0.2) is 26.0 Å². The van der Waals surface area contributed by atoms with Crippen molar-refractivity contribution in [3.8, 4) is 11.5 Å². The van der Waals surface area contributed by atoms with Crippen LogP contribution in [0.3, 0.4) is 0 Å². The number of hydrogen-bond acceptors (Lipinski definition) is 4. The molecule has 0 unspecified atom stereocenters. The first kappa shape index (κ1) is 11.5. The van der Waals surface area contributed by atoms with Gasteiger partial charge in [-0.15, -0.1) is 0 Å². The molecule has 0 aliphatic carbocycles. The number of benzene rings is 1. The maximum absolute atomic E-state index is 11.6. The molecule has 1 atom stereocenters. The highest BCUT2D eigenvalue weighted by Gasteiger charge is 2.13. The van der Waals surface area contributed by atoms with Gasteiger partial charge in [-0.05, 0) is 25.1 Å². The summed E-state index contributed by atoms with van der Waals surface area (Å²) < 4.78 is 10.2. The number of hydrogen-bond donors (Lipinski definition) is 1. The van der Waals surface area contributed by atoms with E-state index >= 15 is 0 Å². The minimum atomic E-state index is -0.511. The second-order valence-electron chi connectivity index (χ2n) is 3.22. The molecule has 0 bridgehead atoms. The predicted octanol–water partition coefficient (Wildman–Crippen LogP) is 1.23. The summed E-state index contributed by atoms with van der Waals surface area (Å²) in [6.07, 6.45) is 0. The third-order valence-corrected chi connectivity index (χ3v) is 2.08. The second-order valence-corrected chi connectivity index (χ2v) is 3.22. The zero-order chi connectivity index (χ0) is 11.4. The van der Waals surface area contributed by atoms with Gasteiger partial charge >= 0.3 is 0 Å². The fraction of sp³-hybridized carbons (Fsp3) is 0.364. The van der Waals surface area contributed by atoms with E-state index in [-0.39, 0.29) is 5.78 Å². The van der Waals surface area contributed by atoms with Crippen LogP contribution in [0, 0.1) is 0 Å². The number of ether oxygens (including phenoxy) is 2. The molecule has 0 aromatic heterocycles. The van der Waals surface area contributed by atoms with E-state index in [1.165, 1.54) is 7.11 Å². The molecule has 4 nitrogen and oxygen atoms in total. The smallest absolute Gasteiger partial charge is 0.179 e. The van der Waals surface area contributed by atoms with Crippen LogP contribution in [0.2, 0.25) is 0 Å². The molecule has 0 spiro atoms. The maximum atomic E-state index is 11.6. The molecule has 1 aromatic rings. The normalized spacial score (nSPS) is 12.0. The Bertz CT molecular complexity index is 361. The molecule has 4 heteroatoms. The van der Waals surface area contributed by atoms with E-state index in [1.807, 2.05) is 0 Å². The van der Waals surface area contributed by atoms with E-state index in [2.05, 4.69) is 0 Å². The average Bonchev–Trinajstić information content (AvgIpc) is 2.26. The van der Waals surface area contributed by atoms with Crippen LogP contribution in [-0.2, 0) is 0 Å². The van der Waals surface area contributed by atoms with E-state index < -0.39 is 6.04 Å². The van der Waals surface area contributed by atoms with Gasteiger partial charge in [-0.3, -0.25) is 4.79 Å². The van der Waals surface area contributed by atoms with Gasteiger partial charge < -0.3 is 15.2 Å². The van der Waals surface area contributed by atoms with Crippen LogP contribution in [0.1, 0.15) is 17.3 Å². The summed E-state index contributed by atoms with van der Waals surface area (Å²) in [4.78, 5) is 11.6. The van der Waals surface area contributed by atoms with E-state index in [9.17, 15) is 4.79 Å². The molecule has 0 amide bonds. The summed E-state index contributed by atoms with van der Waals surface area (Å²) in [6, 6.07) is 4.48. The molecule has 0 heterocycles. The third-order valence-electron chi connectivity index (χ3n) is 2.08. The Morgan fingerprint density at radius 2 is 1.87 bits per heavy atom. The number of rotatable bonds is 4. The van der Waals surface area contributed by atoms with Crippen molar-refractivity contribution in [3.63, 3.8) is 0 Å². The quantitative estimate of drug-likeness (QED) is 0.758. The van der Waals surface area contributed by atoms with Gasteiger partial charge in [-0.25, -0.2) is 0 Å². The molecular formula is C11H15NO3. The van der Waals surface area contributed by atoms with Gasteiger partial charge in [0, 0.05) is 5.56 Å². The highest BCUT2D eigenvalue weighted by molar-refractivity contribution is 6.00. The molecule has 1 rings (SSSR count). The van der Waals surface area contributed by atoms with Crippen LogP contribution >= 0.6 is 0 Å². The van der Waals surface area contributed by atoms with E-state index in [0.717, 1.165) is 0 Å². The molecule has 0 saturated heterocycles. The summed E-state index contributed by atoms with van der Waals surface area (Å²) in [6.45, 7) is 1.65. The average molecular weight is 209 g/mol. The van der Waals surface area contributed by atoms with Crippen molar-refractivity contribution in [1.82, 2.24) is 0 Å². The Balaban J connectivity index is 3.08. The predicted molar refractivity (Wildman–Crippen MR) is 57.5 cm³/mol. The monoisotopic (exact) mass is 209 g/mol. The molecule has 15 heavy (non-hydrogen) atoms. The maximum Gasteiger partial charge on any atom is 0.179 e. The minimum absolute atomic E-state index is 0.115. The van der Waals surface area contributed by atoms with Crippen molar-refractivity contribution in [2.24, 2.45) is 5.73 Å². The van der Waals surface area contributed by atoms with Crippen molar-refractivity contribution < 1.29 is 14.3 Å². The lowest BCUT2D eigenvalue weighted by Crippen LogP contribution is -2.26. The number of carbonyl (C=O) groups excluding carboxylic acids is 1. The van der Waals surface area contributed by atoms with Crippen LogP contribution in [0.5, 0.6) is 11.5 Å². The SMILES string of the molecule is COc1ccc(C(=O)[C@@H](C)N)cc1OC. The van der Waals surface area contributed by atoms with E-state index in [0.29, 0.717) is 17.1 Å². The van der Waals surface area contributed by atoms with Crippen molar-refractivity contribution in [1.29, 1.82) is 0 Å². The lowest BCUT2D eigenvalue weighted by atomic mass is 10.1. The molecule has 2 N–H and O–H groups in total. The zero-order valence-corrected chi connectivity index (χ0v) is 9.11. The van der Waals surface area contributed by atoms with Gasteiger partial charge in [0.25, 0.3) is 0 Å². The Labute approximate surface area is 89.0 Å². The summed E-state index contributed by atoms with van der Waals surface area (Å²) >= 11 is 0. The Morgan fingerprint density at radius 3 is 2.33 bits per heavy atom. The number of methoxy groups -OCH3 is 2. The van der Waals surface area contributed by atoms with Crippen LogP contribution in [0.15, 0.2) is 18.2 Å². The number of Topliss-reactive ketones (excluding diaryl/α,β-unsaturated/α-hetero) is 1. The Kier molecular flexibility index (Phi) is 3.68. The largest absolute Gasteiger partial charge is 0.493 e. The van der Waals surface area contributed by atoms with Crippen molar-refractivity contribution in [3.05, 3.63) is 23.8 Å². The first-order chi connectivity index (χ1) is 7.10. The molecule has 0 fully saturated rings. The van der Waals surface area contributed by atoms with Crippen LogP contribution in [0.4, 0.5) is 0 Å². The van der Waals surface area contributed by atoms with Crippen molar-refractivity contribution in [2.45, 2.75) is 13.0 Å². The molecule has 0 radical (unpaired) electrons. The minimum Gasteiger partial charge on any atom is -0.493 e. The fourth-order valence-electron chi connectivity index (χ4n) is 1.25. The van der Waals surface area contributed by atoms with Crippen LogP contribution in [0.25, 0.3) is 0 Å². The van der Waals surface area contributed by atoms with E-state index in [4.69, 9.17) is 15.2 Å². The van der Waals surface area contributed by atoms with Gasteiger partial charge in [-0.1, -0.05) is 0 Å². The highest BCUT2D eigenvalue weighted by atomic mass is 16.5. The standard InChI is InChI=1S/C11H15NO3/c1-7(12)11(13)8-4-5-9(14-2)10(6-8)15-3/h4-7H,12H2,1-3H3/t7-/m1/s1. The third kappa shape index (κ3) is 2.47. The van der Waals surface area contributed by atoms with Gasteiger partial charge in [0.2, 0.25) is 0 Å². The summed E-state index contributed by atoms with van der Waals surface area (Å²) in [5.41, 5.74) is 6.04. The molecule has 0 saturated carbocycles. The molecule has 0 aliphatic rings. The topological polar surface area (TPSA) is 61.5 Å². The van der Waals surface area contributed by atoms with Gasteiger partial charge in [0.1, 0.15) is 0 Å². The van der Waals surface area contributed by atoms with Gasteiger partial charge in [-0.2, -0.15) is 0 Å². The Hall–Kier alpha value is -1.55. The summed E-state index contributed by atoms with van der Waals surface area (Å²) in [5, 5.41) is 0. The lowest BCUT2D eigenvalue weighted by molar-refractivity contribution is 0.0967. The first-order valence-corrected chi connectivity index (χ1v) is 4.62. The number of nitrogens with two attached hydrogens (primary N) is 1. The molecule has 0 aliphatic heterocycles. The second kappa shape index (κ2) is 4.79. The molecule has 82 valence electrons. The molecule has 1 aromatic carbocycles. The fourth-order valence-corrected chi connectivity index (χ4v) is 1.25. The van der Waals surface area contributed by atoms with Crippen molar-refractivity contribution >= 4 is 5.78 Å². The summed E-state index contributed by atoms with van der Waals surface area (Å²) in [5.74, 6) is 1.01. The van der Waals surface area contributed by atoms with Crippen LogP contribution < -0.4 is 15.2 Å². The molecular weight excluding hydrogens is 194 g/mol. The first-order valence-electron chi connectivity index (χ1n) is 4.62. The van der Waals surface area contributed by atoms with Crippen molar-refractivity contribution in [2.75, 3.05) is 14.2 Å². The zero-order valence-electron chi connectivity index (χ0n) is 9.11. The van der Waals surface area contributed by atoms with Gasteiger partial charge in [0.15, 0.2) is 17.3 Å². The van der Waals surface area contributed by atoms with E-state index in [1.54, 1.807) is 32.2 Å². The lowest BCUT2D eigenvalue weighted by Gasteiger charge is -2.10. The summed E-state index contributed by atoms with van der Waals surface area (Å²) in [7, 11) is 3.07.